The fourth-order valence-electron chi connectivity index (χ4n) is 3.80. The molecule has 9 nitrogen and oxygen atoms in total. The molecular formula is C24H23F2N5O4. The highest BCUT2D eigenvalue weighted by Gasteiger charge is 2.49. The second-order valence-corrected chi connectivity index (χ2v) is 8.32. The fourth-order valence-corrected chi connectivity index (χ4v) is 3.80. The highest BCUT2D eigenvalue weighted by molar-refractivity contribution is 6.10. The van der Waals surface area contributed by atoms with Crippen LogP contribution in [0.15, 0.2) is 54.6 Å². The van der Waals surface area contributed by atoms with Crippen molar-refractivity contribution in [2.45, 2.75) is 32.9 Å². The molecule has 0 spiro atoms. The number of nitrogens with zero attached hydrogens (tertiary/aromatic N) is 3. The van der Waals surface area contributed by atoms with E-state index in [0.29, 0.717) is 17.1 Å². The first-order valence-corrected chi connectivity index (χ1v) is 10.7. The largest absolute Gasteiger partial charge is 0.435 e. The minimum Gasteiger partial charge on any atom is -0.435 e. The van der Waals surface area contributed by atoms with Crippen molar-refractivity contribution in [3.63, 3.8) is 0 Å². The number of nitrogens with one attached hydrogen (secondary N) is 2. The summed E-state index contributed by atoms with van der Waals surface area (Å²) in [6, 6.07) is 13.8. The van der Waals surface area contributed by atoms with Gasteiger partial charge in [0, 0.05) is 6.07 Å². The first kappa shape index (κ1) is 23.9. The van der Waals surface area contributed by atoms with E-state index >= 15 is 0 Å². The topological polar surface area (TPSA) is 106 Å². The van der Waals surface area contributed by atoms with Crippen LogP contribution in [0.25, 0.3) is 5.69 Å². The maximum atomic E-state index is 13.1. The molecule has 4 amide bonds. The predicted molar refractivity (Wildman–Crippen MR) is 122 cm³/mol. The third-order valence-corrected chi connectivity index (χ3v) is 5.61. The number of rotatable bonds is 7. The van der Waals surface area contributed by atoms with Crippen LogP contribution in [0.1, 0.15) is 23.7 Å². The van der Waals surface area contributed by atoms with Crippen LogP contribution >= 0.6 is 0 Å². The van der Waals surface area contributed by atoms with E-state index in [9.17, 15) is 23.2 Å². The molecule has 1 aliphatic rings. The van der Waals surface area contributed by atoms with E-state index in [0.717, 1.165) is 16.2 Å². The molecule has 2 N–H and O–H groups in total. The van der Waals surface area contributed by atoms with Crippen LogP contribution in [0.3, 0.4) is 0 Å². The van der Waals surface area contributed by atoms with Crippen LogP contribution in [0.4, 0.5) is 19.4 Å². The highest BCUT2D eigenvalue weighted by atomic mass is 19.3. The van der Waals surface area contributed by atoms with E-state index in [4.69, 9.17) is 0 Å². The Morgan fingerprint density at radius 3 is 2.40 bits per heavy atom. The van der Waals surface area contributed by atoms with Crippen LogP contribution in [0.5, 0.6) is 5.75 Å². The average molecular weight is 483 g/mol. The van der Waals surface area contributed by atoms with Gasteiger partial charge < -0.3 is 15.4 Å². The molecular weight excluding hydrogens is 460 g/mol. The molecule has 1 fully saturated rings. The molecule has 0 saturated carbocycles. The highest BCUT2D eigenvalue weighted by Crippen LogP contribution is 2.30. The molecule has 1 saturated heterocycles. The molecule has 2 aromatic carbocycles. The first-order valence-electron chi connectivity index (χ1n) is 10.7. The number of urea groups is 1. The van der Waals surface area contributed by atoms with E-state index in [1.165, 1.54) is 31.2 Å². The van der Waals surface area contributed by atoms with Gasteiger partial charge in [0.25, 0.3) is 5.91 Å². The fraction of sp³-hybridized carbons (Fsp3) is 0.250. The lowest BCUT2D eigenvalue weighted by molar-refractivity contribution is -0.133. The van der Waals surface area contributed by atoms with E-state index < -0.39 is 36.5 Å². The number of halogens is 2. The van der Waals surface area contributed by atoms with Gasteiger partial charge in [-0.2, -0.15) is 13.9 Å². The number of ether oxygens (including phenoxy) is 1. The number of amides is 4. The number of imide groups is 1. The second-order valence-electron chi connectivity index (χ2n) is 8.32. The Bertz CT molecular complexity index is 1270. The average Bonchev–Trinajstić information content (AvgIpc) is 3.26. The van der Waals surface area contributed by atoms with Gasteiger partial charge in [-0.15, -0.1) is 0 Å². The quantitative estimate of drug-likeness (QED) is 0.501. The van der Waals surface area contributed by atoms with Gasteiger partial charge in [0.2, 0.25) is 5.91 Å². The smallest absolute Gasteiger partial charge is 0.387 e. The summed E-state index contributed by atoms with van der Waals surface area (Å²) >= 11 is 0. The van der Waals surface area contributed by atoms with Crippen molar-refractivity contribution in [2.75, 3.05) is 11.9 Å². The Labute approximate surface area is 199 Å². The summed E-state index contributed by atoms with van der Waals surface area (Å²) in [5, 5.41) is 9.68. The SMILES string of the molecule is Cc1ccc(-n2nc(C)cc2NC(=O)CN2C(=O)NC(C)(c3ccc(OC(F)F)cc3)C2=O)cc1. The van der Waals surface area contributed by atoms with E-state index in [-0.39, 0.29) is 5.75 Å². The maximum absolute atomic E-state index is 13.1. The molecule has 3 aromatic rings. The van der Waals surface area contributed by atoms with Crippen molar-refractivity contribution >= 4 is 23.7 Å². The van der Waals surface area contributed by atoms with Gasteiger partial charge in [-0.3, -0.25) is 14.5 Å². The molecule has 182 valence electrons. The lowest BCUT2D eigenvalue weighted by atomic mass is 9.92. The van der Waals surface area contributed by atoms with Crippen molar-refractivity contribution in [2.24, 2.45) is 0 Å². The van der Waals surface area contributed by atoms with Crippen molar-refractivity contribution in [1.29, 1.82) is 0 Å². The van der Waals surface area contributed by atoms with Crippen LogP contribution in [0, 0.1) is 13.8 Å². The molecule has 2 heterocycles. The van der Waals surface area contributed by atoms with Gasteiger partial charge in [0.05, 0.1) is 11.4 Å². The second kappa shape index (κ2) is 9.16. The Morgan fingerprint density at radius 2 is 1.77 bits per heavy atom. The molecule has 1 atom stereocenters. The Balaban J connectivity index is 1.48. The van der Waals surface area contributed by atoms with Crippen LogP contribution in [-0.2, 0) is 15.1 Å². The number of alkyl halides is 2. The zero-order valence-corrected chi connectivity index (χ0v) is 19.2. The summed E-state index contributed by atoms with van der Waals surface area (Å²) in [4.78, 5) is 39.3. The monoisotopic (exact) mass is 483 g/mol. The molecule has 0 radical (unpaired) electrons. The number of aromatic nitrogens is 2. The molecule has 11 heteroatoms. The lowest BCUT2D eigenvalue weighted by Gasteiger charge is -2.22. The van der Waals surface area contributed by atoms with Crippen molar-refractivity contribution in [3.05, 3.63) is 71.4 Å². The van der Waals surface area contributed by atoms with Gasteiger partial charge in [0.15, 0.2) is 0 Å². The van der Waals surface area contributed by atoms with E-state index in [2.05, 4.69) is 20.5 Å². The number of hydrogen-bond donors (Lipinski definition) is 2. The van der Waals surface area contributed by atoms with Crippen molar-refractivity contribution in [3.8, 4) is 11.4 Å². The third-order valence-electron chi connectivity index (χ3n) is 5.61. The molecule has 35 heavy (non-hydrogen) atoms. The van der Waals surface area contributed by atoms with Gasteiger partial charge in [-0.25, -0.2) is 9.48 Å². The van der Waals surface area contributed by atoms with Crippen LogP contribution < -0.4 is 15.4 Å². The number of carbonyl (C=O) groups is 3. The van der Waals surface area contributed by atoms with Gasteiger partial charge in [0.1, 0.15) is 23.7 Å². The molecule has 1 unspecified atom stereocenters. The summed E-state index contributed by atoms with van der Waals surface area (Å²) in [7, 11) is 0. The number of benzene rings is 2. The summed E-state index contributed by atoms with van der Waals surface area (Å²) in [6.07, 6.45) is 0. The number of anilines is 1. The standard InChI is InChI=1S/C24H23F2N5O4/c1-14-4-8-17(9-5-14)31-19(12-15(2)29-31)27-20(32)13-30-21(33)24(3,28-23(30)34)16-6-10-18(11-7-16)35-22(25)26/h4-12,22H,13H2,1-3H3,(H,27,32)(H,28,34). The number of carbonyl (C=O) groups excluding carboxylic acids is 3. The van der Waals surface area contributed by atoms with E-state index in [1.54, 1.807) is 17.7 Å². The first-order chi connectivity index (χ1) is 16.6. The van der Waals surface area contributed by atoms with Gasteiger partial charge in [-0.1, -0.05) is 29.8 Å². The minimum absolute atomic E-state index is 0.0826. The molecule has 1 aliphatic heterocycles. The lowest BCUT2D eigenvalue weighted by Crippen LogP contribution is -2.42. The Kier molecular flexibility index (Phi) is 6.25. The predicted octanol–water partition coefficient (Wildman–Crippen LogP) is 3.50. The van der Waals surface area contributed by atoms with Gasteiger partial charge in [-0.05, 0) is 50.6 Å². The minimum atomic E-state index is -2.98. The normalized spacial score (nSPS) is 17.6. The number of hydrogen-bond acceptors (Lipinski definition) is 5. The third kappa shape index (κ3) is 4.84. The molecule has 4 rings (SSSR count). The van der Waals surface area contributed by atoms with E-state index in [1.807, 2.05) is 31.2 Å². The van der Waals surface area contributed by atoms with Crippen LogP contribution in [-0.4, -0.2) is 45.7 Å². The Hall–Kier alpha value is -4.28. The van der Waals surface area contributed by atoms with Gasteiger partial charge >= 0.3 is 12.6 Å². The zero-order valence-electron chi connectivity index (χ0n) is 19.2. The molecule has 0 aliphatic carbocycles. The number of aryl methyl sites for hydroxylation is 2. The maximum Gasteiger partial charge on any atom is 0.387 e. The summed E-state index contributed by atoms with van der Waals surface area (Å²) in [6.45, 7) is 1.71. The molecule has 0 bridgehead atoms. The zero-order chi connectivity index (χ0) is 25.3. The van der Waals surface area contributed by atoms with Crippen molar-refractivity contribution < 1.29 is 27.9 Å². The molecule has 1 aromatic heterocycles. The van der Waals surface area contributed by atoms with Crippen LogP contribution in [0.2, 0.25) is 0 Å². The Morgan fingerprint density at radius 1 is 1.11 bits per heavy atom. The summed E-state index contributed by atoms with van der Waals surface area (Å²) < 4.78 is 30.7. The summed E-state index contributed by atoms with van der Waals surface area (Å²) in [5.74, 6) is -0.934. The summed E-state index contributed by atoms with van der Waals surface area (Å²) in [5.41, 5.74) is 1.36. The van der Waals surface area contributed by atoms with Crippen molar-refractivity contribution in [1.82, 2.24) is 20.0 Å².